The van der Waals surface area contributed by atoms with Crippen molar-refractivity contribution in [2.45, 2.75) is 25.0 Å². The molecule has 7 nitrogen and oxygen atoms in total. The van der Waals surface area contributed by atoms with Crippen LogP contribution in [0.4, 0.5) is 0 Å². The van der Waals surface area contributed by atoms with Gasteiger partial charge in [0, 0.05) is 21.7 Å². The summed E-state index contributed by atoms with van der Waals surface area (Å²) in [6, 6.07) is 7.01. The number of carbonyl (C=O) groups is 2. The Morgan fingerprint density at radius 3 is 2.86 bits per heavy atom. The number of Topliss-reactive ketones (excluding diaryl/α,β-unsaturated/α-hetero) is 1. The molecule has 0 unspecified atom stereocenters. The highest BCUT2D eigenvalue weighted by atomic mass is 35.5. The van der Waals surface area contributed by atoms with Gasteiger partial charge >= 0.3 is 5.97 Å². The smallest absolute Gasteiger partial charge is 0.323 e. The molecule has 0 spiro atoms. The van der Waals surface area contributed by atoms with E-state index >= 15 is 0 Å². The Balaban J connectivity index is 1.70. The van der Waals surface area contributed by atoms with Gasteiger partial charge in [-0.05, 0) is 32.0 Å². The number of ether oxygens (including phenoxy) is 1. The molecule has 0 saturated carbocycles. The van der Waals surface area contributed by atoms with Crippen molar-refractivity contribution in [2.75, 3.05) is 12.4 Å². The molecule has 2 aromatic heterocycles. The molecule has 0 bridgehead atoms. The van der Waals surface area contributed by atoms with Crippen LogP contribution in [-0.4, -0.2) is 39.3 Å². The molecule has 146 valence electrons. The van der Waals surface area contributed by atoms with Crippen LogP contribution in [0.1, 0.15) is 23.5 Å². The first-order chi connectivity index (χ1) is 13.5. The summed E-state index contributed by atoms with van der Waals surface area (Å²) in [6.45, 7) is 3.68. The third kappa shape index (κ3) is 4.98. The molecule has 0 amide bonds. The number of hydrogen-bond donors (Lipinski definition) is 0. The first-order valence-corrected chi connectivity index (χ1v) is 10.6. The first kappa shape index (κ1) is 20.5. The molecular formula is C18H16ClN3O4S2. The van der Waals surface area contributed by atoms with Gasteiger partial charge in [0.25, 0.3) is 5.22 Å². The zero-order chi connectivity index (χ0) is 20.1. The van der Waals surface area contributed by atoms with E-state index in [2.05, 4.69) is 15.2 Å². The molecule has 0 fully saturated rings. The fraction of sp³-hybridized carbons (Fsp3) is 0.278. The first-order valence-electron chi connectivity index (χ1n) is 8.31. The minimum atomic E-state index is -1.05. The zero-order valence-electron chi connectivity index (χ0n) is 15.0. The SMILES string of the molecule is CCOC(=O)[C@H](C(=O)CSc1nnc(-c2cccc(Cl)c2)o1)c1nc(C)cs1. The Bertz CT molecular complexity index is 989. The summed E-state index contributed by atoms with van der Waals surface area (Å²) in [5.74, 6) is -1.72. The molecule has 0 radical (unpaired) electrons. The summed E-state index contributed by atoms with van der Waals surface area (Å²) in [5.41, 5.74) is 1.43. The van der Waals surface area contributed by atoms with Crippen LogP contribution in [0.25, 0.3) is 11.5 Å². The monoisotopic (exact) mass is 437 g/mol. The van der Waals surface area contributed by atoms with Crippen molar-refractivity contribution >= 4 is 46.5 Å². The number of thiazole rings is 1. The second kappa shape index (κ2) is 9.31. The minimum Gasteiger partial charge on any atom is -0.465 e. The second-order valence-corrected chi connectivity index (χ2v) is 7.90. The topological polar surface area (TPSA) is 95.2 Å². The van der Waals surface area contributed by atoms with Crippen LogP contribution in [0, 0.1) is 6.92 Å². The van der Waals surface area contributed by atoms with E-state index in [0.29, 0.717) is 21.5 Å². The van der Waals surface area contributed by atoms with Gasteiger partial charge in [-0.1, -0.05) is 29.4 Å². The number of aryl methyl sites for hydroxylation is 1. The summed E-state index contributed by atoms with van der Waals surface area (Å²) in [7, 11) is 0. The van der Waals surface area contributed by atoms with Gasteiger partial charge in [-0.3, -0.25) is 9.59 Å². The Hall–Kier alpha value is -2.23. The lowest BCUT2D eigenvalue weighted by molar-refractivity contribution is -0.147. The lowest BCUT2D eigenvalue weighted by Crippen LogP contribution is -2.25. The zero-order valence-corrected chi connectivity index (χ0v) is 17.4. The number of thioether (sulfide) groups is 1. The van der Waals surface area contributed by atoms with Crippen molar-refractivity contribution < 1.29 is 18.7 Å². The van der Waals surface area contributed by atoms with Gasteiger partial charge in [-0.2, -0.15) is 0 Å². The molecule has 3 aromatic rings. The van der Waals surface area contributed by atoms with Gasteiger partial charge in [0.15, 0.2) is 11.7 Å². The van der Waals surface area contributed by atoms with Crippen LogP contribution >= 0.6 is 34.7 Å². The maximum absolute atomic E-state index is 12.7. The van der Waals surface area contributed by atoms with Crippen LogP contribution in [0.2, 0.25) is 5.02 Å². The van der Waals surface area contributed by atoms with Gasteiger partial charge in [0.1, 0.15) is 5.01 Å². The predicted molar refractivity (Wildman–Crippen MR) is 107 cm³/mol. The maximum Gasteiger partial charge on any atom is 0.323 e. The molecule has 1 aromatic carbocycles. The van der Waals surface area contributed by atoms with Crippen LogP contribution in [-0.2, 0) is 14.3 Å². The number of halogens is 1. The molecule has 10 heteroatoms. The fourth-order valence-corrected chi connectivity index (χ4v) is 4.09. The predicted octanol–water partition coefficient (Wildman–Crippen LogP) is 4.16. The molecule has 0 aliphatic heterocycles. The Morgan fingerprint density at radius 1 is 1.36 bits per heavy atom. The highest BCUT2D eigenvalue weighted by Crippen LogP contribution is 2.28. The number of aromatic nitrogens is 3. The van der Waals surface area contributed by atoms with Crippen LogP contribution in [0.15, 0.2) is 39.3 Å². The number of esters is 1. The number of rotatable bonds is 8. The molecule has 0 N–H and O–H groups in total. The molecule has 1 atom stereocenters. The number of nitrogens with zero attached hydrogens (tertiary/aromatic N) is 3. The van der Waals surface area contributed by atoms with Gasteiger partial charge in [-0.25, -0.2) is 4.98 Å². The average Bonchev–Trinajstić information content (AvgIpc) is 3.30. The van der Waals surface area contributed by atoms with Gasteiger partial charge in [0.05, 0.1) is 12.4 Å². The number of benzene rings is 1. The highest BCUT2D eigenvalue weighted by molar-refractivity contribution is 7.99. The van der Waals surface area contributed by atoms with Crippen molar-refractivity contribution in [2.24, 2.45) is 0 Å². The van der Waals surface area contributed by atoms with E-state index < -0.39 is 11.9 Å². The van der Waals surface area contributed by atoms with Crippen molar-refractivity contribution in [3.63, 3.8) is 0 Å². The normalized spacial score (nSPS) is 12.0. The largest absolute Gasteiger partial charge is 0.465 e. The number of hydrogen-bond acceptors (Lipinski definition) is 9. The summed E-state index contributed by atoms with van der Waals surface area (Å²) < 4.78 is 10.6. The van der Waals surface area contributed by atoms with Crippen LogP contribution in [0.3, 0.4) is 0 Å². The van der Waals surface area contributed by atoms with E-state index in [1.54, 1.807) is 43.5 Å². The van der Waals surface area contributed by atoms with Crippen molar-refractivity contribution in [3.8, 4) is 11.5 Å². The van der Waals surface area contributed by atoms with Gasteiger partial charge in [0.2, 0.25) is 5.89 Å². The third-order valence-corrected chi connectivity index (χ3v) is 5.65. The standard InChI is InChI=1S/C18H16ClN3O4S2/c1-3-25-17(24)14(16-20-10(2)8-27-16)13(23)9-28-18-22-21-15(26-18)11-5-4-6-12(19)7-11/h4-8,14H,3,9H2,1-2H3/t14-/m1/s1. The molecule has 0 saturated heterocycles. The molecule has 3 rings (SSSR count). The van der Waals surface area contributed by atoms with Crippen molar-refractivity contribution in [3.05, 3.63) is 45.4 Å². The average molecular weight is 438 g/mol. The van der Waals surface area contributed by atoms with E-state index in [4.69, 9.17) is 20.8 Å². The second-order valence-electron chi connectivity index (χ2n) is 5.65. The Kier molecular flexibility index (Phi) is 6.82. The maximum atomic E-state index is 12.7. The van der Waals surface area contributed by atoms with Crippen LogP contribution in [0.5, 0.6) is 0 Å². The summed E-state index contributed by atoms with van der Waals surface area (Å²) in [4.78, 5) is 29.2. The van der Waals surface area contributed by atoms with Gasteiger partial charge < -0.3 is 9.15 Å². The number of ketones is 1. The van der Waals surface area contributed by atoms with Gasteiger partial charge in [-0.15, -0.1) is 21.5 Å². The lowest BCUT2D eigenvalue weighted by Gasteiger charge is -2.11. The molecule has 28 heavy (non-hydrogen) atoms. The summed E-state index contributed by atoms with van der Waals surface area (Å²) in [5, 5.41) is 10.9. The van der Waals surface area contributed by atoms with E-state index in [1.807, 2.05) is 0 Å². The Morgan fingerprint density at radius 2 is 2.18 bits per heavy atom. The molecular weight excluding hydrogens is 422 g/mol. The van der Waals surface area contributed by atoms with E-state index in [0.717, 1.165) is 17.5 Å². The van der Waals surface area contributed by atoms with Crippen LogP contribution < -0.4 is 0 Å². The third-order valence-electron chi connectivity index (χ3n) is 3.54. The highest BCUT2D eigenvalue weighted by Gasteiger charge is 2.32. The van der Waals surface area contributed by atoms with E-state index in [1.165, 1.54) is 11.3 Å². The minimum absolute atomic E-state index is 0.0285. The van der Waals surface area contributed by atoms with Crippen molar-refractivity contribution in [1.29, 1.82) is 0 Å². The Labute approximate surface area is 174 Å². The molecule has 2 heterocycles. The number of carbonyl (C=O) groups excluding carboxylic acids is 2. The van der Waals surface area contributed by atoms with E-state index in [9.17, 15) is 9.59 Å². The van der Waals surface area contributed by atoms with Crippen molar-refractivity contribution in [1.82, 2.24) is 15.2 Å². The fourth-order valence-electron chi connectivity index (χ4n) is 2.32. The molecule has 0 aliphatic carbocycles. The lowest BCUT2D eigenvalue weighted by atomic mass is 10.1. The van der Waals surface area contributed by atoms with E-state index in [-0.39, 0.29) is 23.4 Å². The quantitative estimate of drug-likeness (QED) is 0.294. The summed E-state index contributed by atoms with van der Waals surface area (Å²) >= 11 is 8.28. The molecule has 0 aliphatic rings. The summed E-state index contributed by atoms with van der Waals surface area (Å²) in [6.07, 6.45) is 0.